The van der Waals surface area contributed by atoms with E-state index < -0.39 is 22.7 Å². The lowest BCUT2D eigenvalue weighted by Crippen LogP contribution is -2.05. The van der Waals surface area contributed by atoms with E-state index >= 15 is 0 Å². The lowest BCUT2D eigenvalue weighted by Gasteiger charge is -2.09. The molecule has 2 N–H and O–H groups in total. The van der Waals surface area contributed by atoms with Crippen molar-refractivity contribution in [3.8, 4) is 22.8 Å². The number of hydrogen-bond donors (Lipinski definition) is 2. The highest BCUT2D eigenvalue weighted by Crippen LogP contribution is 2.35. The zero-order valence-electron chi connectivity index (χ0n) is 11.7. The van der Waals surface area contributed by atoms with Crippen LogP contribution in [0.3, 0.4) is 0 Å². The van der Waals surface area contributed by atoms with Crippen LogP contribution in [0.2, 0.25) is 0 Å². The first kappa shape index (κ1) is 13.9. The molecule has 0 fully saturated rings. The first-order valence-electron chi connectivity index (χ1n) is 6.58. The zero-order valence-corrected chi connectivity index (χ0v) is 11.7. The summed E-state index contributed by atoms with van der Waals surface area (Å²) >= 11 is 0. The molecule has 110 valence electrons. The minimum absolute atomic E-state index is 0.114. The molecule has 0 unspecified atom stereocenters. The van der Waals surface area contributed by atoms with Gasteiger partial charge in [0.1, 0.15) is 28.2 Å². The van der Waals surface area contributed by atoms with Crippen LogP contribution in [-0.4, -0.2) is 16.0 Å². The fourth-order valence-electron chi connectivity index (χ4n) is 2.39. The molecule has 0 bridgehead atoms. The van der Waals surface area contributed by atoms with Crippen LogP contribution in [-0.2, 0) is 0 Å². The molecule has 0 aliphatic carbocycles. The Morgan fingerprint density at radius 2 is 1.73 bits per heavy atom. The summed E-state index contributed by atoms with van der Waals surface area (Å²) in [5, 5.41) is 19.6. The number of Topliss-reactive ketones (excluding diaryl/α,β-unsaturated/α-hetero) is 1. The SMILES string of the molecule is CC(=O)c1c(O)cc(O)c2c(=O)cc(-c3ccccc3)oc12. The first-order valence-corrected chi connectivity index (χ1v) is 6.58. The predicted molar refractivity (Wildman–Crippen MR) is 81.3 cm³/mol. The summed E-state index contributed by atoms with van der Waals surface area (Å²) in [6.07, 6.45) is 0. The largest absolute Gasteiger partial charge is 0.507 e. The molecule has 0 atom stereocenters. The van der Waals surface area contributed by atoms with Crippen LogP contribution >= 0.6 is 0 Å². The van der Waals surface area contributed by atoms with Crippen molar-refractivity contribution in [3.63, 3.8) is 0 Å². The maximum Gasteiger partial charge on any atom is 0.197 e. The van der Waals surface area contributed by atoms with Crippen LogP contribution in [0.25, 0.3) is 22.3 Å². The number of hydrogen-bond acceptors (Lipinski definition) is 5. The van der Waals surface area contributed by atoms with E-state index in [0.717, 1.165) is 6.07 Å². The van der Waals surface area contributed by atoms with Gasteiger partial charge in [0.25, 0.3) is 0 Å². The fourth-order valence-corrected chi connectivity index (χ4v) is 2.39. The van der Waals surface area contributed by atoms with Crippen molar-refractivity contribution in [1.29, 1.82) is 0 Å². The smallest absolute Gasteiger partial charge is 0.197 e. The average molecular weight is 296 g/mol. The van der Waals surface area contributed by atoms with Gasteiger partial charge in [0.15, 0.2) is 16.8 Å². The molecule has 1 aromatic heterocycles. The van der Waals surface area contributed by atoms with Gasteiger partial charge in [-0.25, -0.2) is 0 Å². The quantitative estimate of drug-likeness (QED) is 0.709. The van der Waals surface area contributed by atoms with Gasteiger partial charge in [-0.15, -0.1) is 0 Å². The van der Waals surface area contributed by atoms with Crippen LogP contribution in [0.5, 0.6) is 11.5 Å². The van der Waals surface area contributed by atoms with Crippen LogP contribution in [0, 0.1) is 0 Å². The van der Waals surface area contributed by atoms with Gasteiger partial charge in [0, 0.05) is 17.7 Å². The van der Waals surface area contributed by atoms with E-state index in [0.29, 0.717) is 5.56 Å². The fraction of sp³-hybridized carbons (Fsp3) is 0.0588. The van der Waals surface area contributed by atoms with E-state index in [4.69, 9.17) is 4.42 Å². The topological polar surface area (TPSA) is 87.7 Å². The molecular formula is C17H12O5. The average Bonchev–Trinajstić information content (AvgIpc) is 2.46. The van der Waals surface area contributed by atoms with Crippen molar-refractivity contribution in [2.24, 2.45) is 0 Å². The van der Waals surface area contributed by atoms with Gasteiger partial charge in [0.2, 0.25) is 0 Å². The van der Waals surface area contributed by atoms with Gasteiger partial charge >= 0.3 is 0 Å². The highest BCUT2D eigenvalue weighted by atomic mass is 16.3. The second kappa shape index (κ2) is 5.04. The van der Waals surface area contributed by atoms with Crippen LogP contribution in [0.4, 0.5) is 0 Å². The molecular weight excluding hydrogens is 284 g/mol. The molecule has 0 amide bonds. The molecule has 3 aromatic rings. The highest BCUT2D eigenvalue weighted by molar-refractivity contribution is 6.08. The van der Waals surface area contributed by atoms with Gasteiger partial charge in [0.05, 0.1) is 0 Å². The second-order valence-corrected chi connectivity index (χ2v) is 4.89. The Kier molecular flexibility index (Phi) is 3.18. The van der Waals surface area contributed by atoms with Gasteiger partial charge in [-0.2, -0.15) is 0 Å². The van der Waals surface area contributed by atoms with Crippen molar-refractivity contribution in [1.82, 2.24) is 0 Å². The Labute approximate surface area is 125 Å². The summed E-state index contributed by atoms with van der Waals surface area (Å²) in [5.74, 6) is -1.06. The van der Waals surface area contributed by atoms with Crippen molar-refractivity contribution >= 4 is 16.8 Å². The summed E-state index contributed by atoms with van der Waals surface area (Å²) in [4.78, 5) is 24.0. The number of phenols is 2. The standard InChI is InChI=1S/C17H12O5/c1-9(18)15-11(19)7-12(20)16-13(21)8-14(22-17(15)16)10-5-3-2-4-6-10/h2-8,19-20H,1H3. The normalized spacial score (nSPS) is 10.8. The third-order valence-electron chi connectivity index (χ3n) is 3.37. The third kappa shape index (κ3) is 2.13. The molecule has 3 rings (SSSR count). The van der Waals surface area contributed by atoms with Crippen LogP contribution in [0.15, 0.2) is 51.7 Å². The molecule has 0 radical (unpaired) electrons. The van der Waals surface area contributed by atoms with Crippen molar-refractivity contribution in [2.45, 2.75) is 6.92 Å². The van der Waals surface area contributed by atoms with Gasteiger partial charge in [-0.05, 0) is 6.92 Å². The second-order valence-electron chi connectivity index (χ2n) is 4.89. The molecule has 22 heavy (non-hydrogen) atoms. The number of carbonyl (C=O) groups is 1. The minimum Gasteiger partial charge on any atom is -0.507 e. The molecule has 0 aliphatic rings. The number of rotatable bonds is 2. The van der Waals surface area contributed by atoms with E-state index in [-0.39, 0.29) is 22.3 Å². The number of benzene rings is 2. The molecule has 5 nitrogen and oxygen atoms in total. The van der Waals surface area contributed by atoms with E-state index in [1.165, 1.54) is 13.0 Å². The van der Waals surface area contributed by atoms with Crippen molar-refractivity contribution < 1.29 is 19.4 Å². The molecule has 2 aromatic carbocycles. The monoisotopic (exact) mass is 296 g/mol. The van der Waals surface area contributed by atoms with Crippen molar-refractivity contribution in [3.05, 3.63) is 58.3 Å². The molecule has 0 spiro atoms. The first-order chi connectivity index (χ1) is 10.5. The Balaban J connectivity index is 2.45. The lowest BCUT2D eigenvalue weighted by molar-refractivity contribution is 0.101. The summed E-state index contributed by atoms with van der Waals surface area (Å²) in [6.45, 7) is 1.25. The number of aromatic hydroxyl groups is 2. The Morgan fingerprint density at radius 1 is 1.05 bits per heavy atom. The minimum atomic E-state index is -0.486. The van der Waals surface area contributed by atoms with E-state index in [2.05, 4.69) is 0 Å². The molecule has 0 saturated heterocycles. The Bertz CT molecular complexity index is 939. The van der Waals surface area contributed by atoms with Gasteiger partial charge in [-0.3, -0.25) is 9.59 Å². The number of phenolic OH excluding ortho intramolecular Hbond substituents is 2. The summed E-state index contributed by atoms with van der Waals surface area (Å²) in [5.41, 5.74) is -0.0713. The maximum atomic E-state index is 12.3. The van der Waals surface area contributed by atoms with E-state index in [9.17, 15) is 19.8 Å². The Morgan fingerprint density at radius 3 is 2.36 bits per heavy atom. The van der Waals surface area contributed by atoms with E-state index in [1.807, 2.05) is 6.07 Å². The van der Waals surface area contributed by atoms with Crippen LogP contribution < -0.4 is 5.43 Å². The number of ketones is 1. The Hall–Kier alpha value is -3.08. The van der Waals surface area contributed by atoms with Crippen molar-refractivity contribution in [2.75, 3.05) is 0 Å². The summed E-state index contributed by atoms with van der Waals surface area (Å²) in [6, 6.07) is 11.1. The zero-order chi connectivity index (χ0) is 15.9. The summed E-state index contributed by atoms with van der Waals surface area (Å²) < 4.78 is 5.64. The predicted octanol–water partition coefficient (Wildman–Crippen LogP) is 3.07. The van der Waals surface area contributed by atoms with Crippen LogP contribution in [0.1, 0.15) is 17.3 Å². The number of fused-ring (bicyclic) bond motifs is 1. The third-order valence-corrected chi connectivity index (χ3v) is 3.37. The number of carbonyl (C=O) groups excluding carboxylic acids is 1. The lowest BCUT2D eigenvalue weighted by atomic mass is 10.0. The van der Waals surface area contributed by atoms with E-state index in [1.54, 1.807) is 24.3 Å². The molecule has 0 saturated carbocycles. The summed E-state index contributed by atoms with van der Waals surface area (Å²) in [7, 11) is 0. The van der Waals surface area contributed by atoms with Gasteiger partial charge in [-0.1, -0.05) is 30.3 Å². The molecule has 0 aliphatic heterocycles. The maximum absolute atomic E-state index is 12.3. The molecule has 5 heteroatoms. The molecule has 1 heterocycles. The van der Waals surface area contributed by atoms with Gasteiger partial charge < -0.3 is 14.6 Å². The highest BCUT2D eigenvalue weighted by Gasteiger charge is 2.20.